The van der Waals surface area contributed by atoms with Crippen LogP contribution in [0.3, 0.4) is 0 Å². The number of benzene rings is 1. The van der Waals surface area contributed by atoms with Crippen LogP contribution in [0.1, 0.15) is 29.3 Å². The van der Waals surface area contributed by atoms with Crippen molar-refractivity contribution in [1.82, 2.24) is 9.88 Å². The summed E-state index contributed by atoms with van der Waals surface area (Å²) in [4.78, 5) is 23.6. The van der Waals surface area contributed by atoms with Gasteiger partial charge in [-0.1, -0.05) is 30.3 Å². The topological polar surface area (TPSA) is 51.1 Å². The second-order valence-electron chi connectivity index (χ2n) is 5.26. The Morgan fingerprint density at radius 2 is 1.95 bits per heavy atom. The van der Waals surface area contributed by atoms with Crippen LogP contribution in [0, 0.1) is 0 Å². The number of amides is 1. The van der Waals surface area contributed by atoms with E-state index < -0.39 is 0 Å². The minimum Gasteiger partial charge on any atom is -0.350 e. The zero-order valence-electron chi connectivity index (χ0n) is 12.4. The molecule has 0 radical (unpaired) electrons. The number of hydrogen-bond donors (Lipinski definition) is 1. The number of rotatable bonds is 5. The van der Waals surface area contributed by atoms with Gasteiger partial charge in [-0.2, -0.15) is 0 Å². The molecule has 1 aromatic carbocycles. The molecule has 1 amide bonds. The fourth-order valence-electron chi connectivity index (χ4n) is 2.10. The number of aromatic nitrogens is 1. The average Bonchev–Trinajstić information content (AvgIpc) is 2.49. The lowest BCUT2D eigenvalue weighted by molar-refractivity contribution is 0.0938. The van der Waals surface area contributed by atoms with Gasteiger partial charge in [-0.15, -0.1) is 0 Å². The van der Waals surface area contributed by atoms with Crippen LogP contribution in [0.5, 0.6) is 0 Å². The highest BCUT2D eigenvalue weighted by atomic mass is 16.2. The summed E-state index contributed by atoms with van der Waals surface area (Å²) in [5, 5.41) is 2.93. The van der Waals surface area contributed by atoms with E-state index in [0.717, 1.165) is 12.8 Å². The number of aryl methyl sites for hydroxylation is 2. The van der Waals surface area contributed by atoms with Gasteiger partial charge in [0, 0.05) is 30.9 Å². The number of nitrogens with zero attached hydrogens (tertiary/aromatic N) is 1. The van der Waals surface area contributed by atoms with Crippen LogP contribution in [-0.2, 0) is 13.5 Å². The predicted octanol–water partition coefficient (Wildman–Crippen LogP) is 2.14. The van der Waals surface area contributed by atoms with Crippen LogP contribution in [0.2, 0.25) is 0 Å². The van der Waals surface area contributed by atoms with E-state index in [1.165, 1.54) is 16.2 Å². The molecule has 1 heterocycles. The smallest absolute Gasteiger partial charge is 0.251 e. The molecule has 0 bridgehead atoms. The molecule has 0 aliphatic heterocycles. The van der Waals surface area contributed by atoms with Crippen molar-refractivity contribution >= 4 is 5.91 Å². The van der Waals surface area contributed by atoms with Crippen LogP contribution in [-0.4, -0.2) is 16.5 Å². The van der Waals surface area contributed by atoms with Crippen LogP contribution in [0.4, 0.5) is 0 Å². The van der Waals surface area contributed by atoms with Crippen LogP contribution >= 0.6 is 0 Å². The molecule has 0 saturated carbocycles. The molecular formula is C17H20N2O2. The number of pyridine rings is 1. The Hall–Kier alpha value is -2.36. The predicted molar refractivity (Wildman–Crippen MR) is 83.4 cm³/mol. The third-order valence-electron chi connectivity index (χ3n) is 3.45. The van der Waals surface area contributed by atoms with Crippen molar-refractivity contribution in [3.63, 3.8) is 0 Å². The highest BCUT2D eigenvalue weighted by molar-refractivity contribution is 5.94. The maximum absolute atomic E-state index is 12.1. The molecule has 0 aliphatic carbocycles. The van der Waals surface area contributed by atoms with Crippen molar-refractivity contribution in [3.05, 3.63) is 70.1 Å². The van der Waals surface area contributed by atoms with E-state index in [2.05, 4.69) is 17.4 Å². The largest absolute Gasteiger partial charge is 0.350 e. The maximum atomic E-state index is 12.1. The zero-order chi connectivity index (χ0) is 15.2. The Morgan fingerprint density at radius 1 is 1.24 bits per heavy atom. The number of carbonyl (C=O) groups is 1. The second-order valence-corrected chi connectivity index (χ2v) is 5.26. The van der Waals surface area contributed by atoms with E-state index in [1.807, 2.05) is 25.1 Å². The number of carbonyl (C=O) groups excluding carboxylic acids is 1. The molecule has 1 atom stereocenters. The van der Waals surface area contributed by atoms with Crippen molar-refractivity contribution in [2.45, 2.75) is 25.8 Å². The third-order valence-corrected chi connectivity index (χ3v) is 3.45. The third kappa shape index (κ3) is 4.31. The molecule has 2 aromatic rings. The first-order valence-corrected chi connectivity index (χ1v) is 7.08. The lowest BCUT2D eigenvalue weighted by Crippen LogP contribution is -2.33. The molecule has 0 saturated heterocycles. The molecule has 0 spiro atoms. The first kappa shape index (κ1) is 15.0. The highest BCUT2D eigenvalue weighted by Crippen LogP contribution is 2.05. The summed E-state index contributed by atoms with van der Waals surface area (Å²) < 4.78 is 1.44. The van der Waals surface area contributed by atoms with Gasteiger partial charge in [0.1, 0.15) is 0 Å². The fourth-order valence-corrected chi connectivity index (χ4v) is 2.10. The van der Waals surface area contributed by atoms with Gasteiger partial charge < -0.3 is 9.88 Å². The van der Waals surface area contributed by atoms with E-state index in [1.54, 1.807) is 19.3 Å². The van der Waals surface area contributed by atoms with Gasteiger partial charge in [-0.25, -0.2) is 0 Å². The Balaban J connectivity index is 1.90. The molecule has 0 aliphatic rings. The van der Waals surface area contributed by atoms with Gasteiger partial charge in [0.25, 0.3) is 11.5 Å². The van der Waals surface area contributed by atoms with Crippen LogP contribution < -0.4 is 10.9 Å². The highest BCUT2D eigenvalue weighted by Gasteiger charge is 2.10. The average molecular weight is 284 g/mol. The van der Waals surface area contributed by atoms with Gasteiger partial charge in [-0.05, 0) is 31.4 Å². The van der Waals surface area contributed by atoms with Crippen LogP contribution in [0.15, 0.2) is 53.5 Å². The van der Waals surface area contributed by atoms with E-state index in [9.17, 15) is 9.59 Å². The zero-order valence-corrected chi connectivity index (χ0v) is 12.4. The van der Waals surface area contributed by atoms with E-state index >= 15 is 0 Å². The van der Waals surface area contributed by atoms with E-state index in [0.29, 0.717) is 5.56 Å². The second kappa shape index (κ2) is 6.88. The van der Waals surface area contributed by atoms with Gasteiger partial charge >= 0.3 is 0 Å². The quantitative estimate of drug-likeness (QED) is 0.914. The van der Waals surface area contributed by atoms with Crippen LogP contribution in [0.25, 0.3) is 0 Å². The van der Waals surface area contributed by atoms with Gasteiger partial charge in [0.15, 0.2) is 0 Å². The summed E-state index contributed by atoms with van der Waals surface area (Å²) in [5.74, 6) is -0.201. The van der Waals surface area contributed by atoms with Crippen molar-refractivity contribution < 1.29 is 4.79 Å². The standard InChI is InChI=1S/C17H20N2O2/c1-13(8-9-14-6-4-3-5-7-14)18-17(21)15-10-11-19(2)16(20)12-15/h3-7,10-13H,8-9H2,1-2H3,(H,18,21). The SMILES string of the molecule is CC(CCc1ccccc1)NC(=O)c1ccn(C)c(=O)c1. The number of hydrogen-bond acceptors (Lipinski definition) is 2. The van der Waals surface area contributed by atoms with Crippen molar-refractivity contribution in [2.24, 2.45) is 7.05 Å². The summed E-state index contributed by atoms with van der Waals surface area (Å²) in [6.45, 7) is 1.97. The normalized spacial score (nSPS) is 11.9. The van der Waals surface area contributed by atoms with Gasteiger partial charge in [0.2, 0.25) is 0 Å². The fraction of sp³-hybridized carbons (Fsp3) is 0.294. The molecule has 1 unspecified atom stereocenters. The molecule has 4 heteroatoms. The molecule has 21 heavy (non-hydrogen) atoms. The molecule has 0 fully saturated rings. The first-order chi connectivity index (χ1) is 10.1. The number of nitrogens with one attached hydrogen (secondary N) is 1. The molecule has 110 valence electrons. The lowest BCUT2D eigenvalue weighted by Gasteiger charge is -2.14. The summed E-state index contributed by atoms with van der Waals surface area (Å²) >= 11 is 0. The Morgan fingerprint density at radius 3 is 2.62 bits per heavy atom. The van der Waals surface area contributed by atoms with Crippen molar-refractivity contribution in [1.29, 1.82) is 0 Å². The molecular weight excluding hydrogens is 264 g/mol. The van der Waals surface area contributed by atoms with Crippen molar-refractivity contribution in [3.8, 4) is 0 Å². The molecule has 4 nitrogen and oxygen atoms in total. The molecule has 2 rings (SSSR count). The monoisotopic (exact) mass is 284 g/mol. The minimum atomic E-state index is -0.201. The summed E-state index contributed by atoms with van der Waals surface area (Å²) in [6, 6.07) is 13.2. The van der Waals surface area contributed by atoms with E-state index in [-0.39, 0.29) is 17.5 Å². The van der Waals surface area contributed by atoms with E-state index in [4.69, 9.17) is 0 Å². The summed E-state index contributed by atoms with van der Waals surface area (Å²) in [5.41, 5.74) is 1.48. The Bertz CT molecular complexity index is 662. The van der Waals surface area contributed by atoms with Gasteiger partial charge in [-0.3, -0.25) is 9.59 Å². The summed E-state index contributed by atoms with van der Waals surface area (Å²) in [7, 11) is 1.66. The first-order valence-electron chi connectivity index (χ1n) is 7.08. The molecule has 1 aromatic heterocycles. The van der Waals surface area contributed by atoms with Gasteiger partial charge in [0.05, 0.1) is 0 Å². The molecule has 1 N–H and O–H groups in total. The Kier molecular flexibility index (Phi) is 4.93. The van der Waals surface area contributed by atoms with Crippen molar-refractivity contribution in [2.75, 3.05) is 0 Å². The summed E-state index contributed by atoms with van der Waals surface area (Å²) in [6.07, 6.45) is 3.38. The lowest BCUT2D eigenvalue weighted by atomic mass is 10.1. The Labute approximate surface area is 124 Å². The minimum absolute atomic E-state index is 0.0572. The maximum Gasteiger partial charge on any atom is 0.251 e.